The van der Waals surface area contributed by atoms with E-state index in [1.54, 1.807) is 24.3 Å². The molecule has 0 amide bonds. The van der Waals surface area contributed by atoms with Crippen LogP contribution in [0.3, 0.4) is 0 Å². The standard InChI is InChI=1S/C18H12FN5O2/c19-14-7-11(17(25)26)5-6-12(14)9-1-3-10(4-2-9)15-13(8-20)16(21)24-18(22)23-15/h1-7H,(H,25,26)(H4,21,22,23,24). The lowest BCUT2D eigenvalue weighted by molar-refractivity contribution is 0.0696. The van der Waals surface area contributed by atoms with E-state index in [1.165, 1.54) is 12.1 Å². The summed E-state index contributed by atoms with van der Waals surface area (Å²) in [5.74, 6) is -1.93. The third-order valence-electron chi connectivity index (χ3n) is 3.75. The summed E-state index contributed by atoms with van der Waals surface area (Å²) < 4.78 is 14.2. The summed E-state index contributed by atoms with van der Waals surface area (Å²) >= 11 is 0. The fourth-order valence-corrected chi connectivity index (χ4v) is 2.51. The smallest absolute Gasteiger partial charge is 0.335 e. The van der Waals surface area contributed by atoms with Crippen molar-refractivity contribution in [3.05, 3.63) is 59.4 Å². The van der Waals surface area contributed by atoms with Crippen LogP contribution < -0.4 is 11.5 Å². The van der Waals surface area contributed by atoms with Crippen molar-refractivity contribution < 1.29 is 14.3 Å². The molecule has 128 valence electrons. The van der Waals surface area contributed by atoms with Gasteiger partial charge in [0, 0.05) is 11.1 Å². The van der Waals surface area contributed by atoms with Crippen LogP contribution >= 0.6 is 0 Å². The molecule has 5 N–H and O–H groups in total. The Balaban J connectivity index is 2.03. The van der Waals surface area contributed by atoms with Crippen molar-refractivity contribution in [1.29, 1.82) is 5.26 Å². The van der Waals surface area contributed by atoms with Crippen molar-refractivity contribution in [2.75, 3.05) is 11.5 Å². The van der Waals surface area contributed by atoms with Crippen molar-refractivity contribution in [2.24, 2.45) is 0 Å². The average Bonchev–Trinajstić information content (AvgIpc) is 2.61. The molecule has 0 saturated heterocycles. The van der Waals surface area contributed by atoms with Gasteiger partial charge < -0.3 is 16.6 Å². The minimum atomic E-state index is -1.20. The van der Waals surface area contributed by atoms with Crippen LogP contribution in [0.25, 0.3) is 22.4 Å². The zero-order valence-corrected chi connectivity index (χ0v) is 13.3. The first-order valence-corrected chi connectivity index (χ1v) is 7.37. The maximum atomic E-state index is 14.2. The first-order valence-electron chi connectivity index (χ1n) is 7.37. The number of carbonyl (C=O) groups is 1. The van der Waals surface area contributed by atoms with Gasteiger partial charge in [-0.15, -0.1) is 0 Å². The molecule has 3 rings (SSSR count). The predicted octanol–water partition coefficient (Wildman–Crippen LogP) is 2.68. The van der Waals surface area contributed by atoms with Crippen LogP contribution in [0.5, 0.6) is 0 Å². The number of nitrogens with two attached hydrogens (primary N) is 2. The zero-order chi connectivity index (χ0) is 18.8. The van der Waals surface area contributed by atoms with Gasteiger partial charge >= 0.3 is 5.97 Å². The molecule has 0 spiro atoms. The zero-order valence-electron chi connectivity index (χ0n) is 13.3. The first kappa shape index (κ1) is 16.9. The Hall–Kier alpha value is -3.99. The van der Waals surface area contributed by atoms with E-state index < -0.39 is 11.8 Å². The predicted molar refractivity (Wildman–Crippen MR) is 93.4 cm³/mol. The maximum Gasteiger partial charge on any atom is 0.335 e. The number of rotatable bonds is 3. The van der Waals surface area contributed by atoms with Gasteiger partial charge in [0.05, 0.1) is 11.3 Å². The average molecular weight is 349 g/mol. The number of nitrogen functional groups attached to an aromatic ring is 2. The molecule has 2 aromatic carbocycles. The minimum absolute atomic E-state index is 0.0191. The van der Waals surface area contributed by atoms with Crippen molar-refractivity contribution in [3.8, 4) is 28.5 Å². The lowest BCUT2D eigenvalue weighted by Gasteiger charge is -2.09. The molecule has 0 atom stereocenters. The summed E-state index contributed by atoms with van der Waals surface area (Å²) in [6, 6.07) is 12.2. The number of aromatic carboxylic acids is 1. The Morgan fingerprint density at radius 3 is 2.31 bits per heavy atom. The van der Waals surface area contributed by atoms with E-state index in [1.807, 2.05) is 6.07 Å². The Kier molecular flexibility index (Phi) is 4.21. The van der Waals surface area contributed by atoms with E-state index in [0.717, 1.165) is 6.07 Å². The molecule has 0 bridgehead atoms. The minimum Gasteiger partial charge on any atom is -0.478 e. The lowest BCUT2D eigenvalue weighted by Crippen LogP contribution is -2.04. The second-order valence-electron chi connectivity index (χ2n) is 5.38. The topological polar surface area (TPSA) is 139 Å². The molecule has 1 heterocycles. The highest BCUT2D eigenvalue weighted by atomic mass is 19.1. The Morgan fingerprint density at radius 2 is 1.73 bits per heavy atom. The van der Waals surface area contributed by atoms with Gasteiger partial charge in [0.1, 0.15) is 23.3 Å². The number of nitrogens with zero attached hydrogens (tertiary/aromatic N) is 3. The fraction of sp³-hybridized carbons (Fsp3) is 0. The molecule has 0 unspecified atom stereocenters. The van der Waals surface area contributed by atoms with E-state index in [9.17, 15) is 14.4 Å². The van der Waals surface area contributed by atoms with Gasteiger partial charge in [-0.3, -0.25) is 0 Å². The van der Waals surface area contributed by atoms with Gasteiger partial charge in [-0.2, -0.15) is 10.2 Å². The monoisotopic (exact) mass is 349 g/mol. The molecule has 1 aromatic heterocycles. The number of carboxylic acid groups (broad SMARTS) is 1. The van der Waals surface area contributed by atoms with Gasteiger partial charge in [-0.25, -0.2) is 14.2 Å². The van der Waals surface area contributed by atoms with Crippen LogP contribution in [0.15, 0.2) is 42.5 Å². The van der Waals surface area contributed by atoms with Crippen LogP contribution in [-0.4, -0.2) is 21.0 Å². The summed E-state index contributed by atoms with van der Waals surface area (Å²) in [5, 5.41) is 18.1. The number of hydrogen-bond acceptors (Lipinski definition) is 6. The SMILES string of the molecule is N#Cc1c(N)nc(N)nc1-c1ccc(-c2ccc(C(=O)O)cc2F)cc1. The number of hydrogen-bond donors (Lipinski definition) is 3. The van der Waals surface area contributed by atoms with Gasteiger partial charge in [-0.05, 0) is 17.7 Å². The normalized spacial score (nSPS) is 10.3. The summed E-state index contributed by atoms with van der Waals surface area (Å²) in [5.41, 5.74) is 12.9. The van der Waals surface area contributed by atoms with E-state index in [-0.39, 0.29) is 34.2 Å². The van der Waals surface area contributed by atoms with Gasteiger partial charge in [-0.1, -0.05) is 30.3 Å². The summed E-state index contributed by atoms with van der Waals surface area (Å²) in [4.78, 5) is 18.7. The molecule has 0 radical (unpaired) electrons. The second-order valence-corrected chi connectivity index (χ2v) is 5.38. The molecule has 0 aliphatic heterocycles. The van der Waals surface area contributed by atoms with Gasteiger partial charge in [0.15, 0.2) is 0 Å². The van der Waals surface area contributed by atoms with Crippen molar-refractivity contribution in [3.63, 3.8) is 0 Å². The fourth-order valence-electron chi connectivity index (χ4n) is 2.51. The number of halogens is 1. The van der Waals surface area contributed by atoms with E-state index >= 15 is 0 Å². The highest BCUT2D eigenvalue weighted by molar-refractivity contribution is 5.88. The molecule has 0 aliphatic rings. The van der Waals surface area contributed by atoms with Crippen LogP contribution in [0.1, 0.15) is 15.9 Å². The Bertz CT molecular complexity index is 1060. The van der Waals surface area contributed by atoms with E-state index in [2.05, 4.69) is 9.97 Å². The number of carboxylic acids is 1. The first-order chi connectivity index (χ1) is 12.4. The molecular weight excluding hydrogens is 337 g/mol. The Morgan fingerprint density at radius 1 is 1.08 bits per heavy atom. The van der Waals surface area contributed by atoms with Crippen LogP contribution in [0, 0.1) is 17.1 Å². The maximum absolute atomic E-state index is 14.2. The molecule has 26 heavy (non-hydrogen) atoms. The molecule has 7 nitrogen and oxygen atoms in total. The number of anilines is 2. The van der Waals surface area contributed by atoms with Crippen LogP contribution in [0.4, 0.5) is 16.2 Å². The molecule has 3 aromatic rings. The number of benzene rings is 2. The van der Waals surface area contributed by atoms with E-state index in [0.29, 0.717) is 11.1 Å². The molecular formula is C18H12FN5O2. The van der Waals surface area contributed by atoms with Gasteiger partial charge in [0.2, 0.25) is 5.95 Å². The van der Waals surface area contributed by atoms with Gasteiger partial charge in [0.25, 0.3) is 0 Å². The number of aromatic nitrogens is 2. The van der Waals surface area contributed by atoms with Crippen molar-refractivity contribution in [1.82, 2.24) is 9.97 Å². The highest BCUT2D eigenvalue weighted by Crippen LogP contribution is 2.29. The number of nitriles is 1. The summed E-state index contributed by atoms with van der Waals surface area (Å²) in [6.45, 7) is 0. The second kappa shape index (κ2) is 6.49. The summed E-state index contributed by atoms with van der Waals surface area (Å²) in [7, 11) is 0. The molecule has 0 fully saturated rings. The quantitative estimate of drug-likeness (QED) is 0.660. The van der Waals surface area contributed by atoms with E-state index in [4.69, 9.17) is 16.6 Å². The largest absolute Gasteiger partial charge is 0.478 e. The molecule has 0 aliphatic carbocycles. The van der Waals surface area contributed by atoms with Crippen molar-refractivity contribution in [2.45, 2.75) is 0 Å². The van der Waals surface area contributed by atoms with Crippen molar-refractivity contribution >= 4 is 17.7 Å². The van der Waals surface area contributed by atoms with Crippen LogP contribution in [0.2, 0.25) is 0 Å². The molecule has 0 saturated carbocycles. The lowest BCUT2D eigenvalue weighted by atomic mass is 9.99. The summed E-state index contributed by atoms with van der Waals surface area (Å²) in [6.07, 6.45) is 0. The third-order valence-corrected chi connectivity index (χ3v) is 3.75. The third kappa shape index (κ3) is 3.01. The van der Waals surface area contributed by atoms with Crippen LogP contribution in [-0.2, 0) is 0 Å². The Labute approximate surface area is 147 Å². The highest BCUT2D eigenvalue weighted by Gasteiger charge is 2.14. The molecule has 8 heteroatoms.